The number of aromatic nitrogens is 3. The molecule has 0 bridgehead atoms. The van der Waals surface area contributed by atoms with Gasteiger partial charge in [0.05, 0.1) is 0 Å². The summed E-state index contributed by atoms with van der Waals surface area (Å²) in [4.78, 5) is 8.37. The number of oxazole rings is 1. The maximum atomic E-state index is 5.20. The zero-order valence-corrected chi connectivity index (χ0v) is 8.60. The first-order valence-corrected chi connectivity index (χ1v) is 5.00. The molecule has 0 aromatic carbocycles. The summed E-state index contributed by atoms with van der Waals surface area (Å²) in [5.74, 6) is 3.07. The lowest BCUT2D eigenvalue weighted by Crippen LogP contribution is -1.84. The highest BCUT2D eigenvalue weighted by Gasteiger charge is 2.39. The van der Waals surface area contributed by atoms with Crippen molar-refractivity contribution in [1.82, 2.24) is 15.1 Å². The van der Waals surface area contributed by atoms with Gasteiger partial charge >= 0.3 is 0 Å². The van der Waals surface area contributed by atoms with Gasteiger partial charge in [-0.05, 0) is 19.3 Å². The monoisotopic (exact) mass is 205 g/mol. The molecule has 0 radical (unpaired) electrons. The summed E-state index contributed by atoms with van der Waals surface area (Å²) in [6, 6.07) is 0. The Morgan fingerprint density at radius 3 is 2.87 bits per heavy atom. The van der Waals surface area contributed by atoms with Crippen molar-refractivity contribution in [2.75, 3.05) is 0 Å². The van der Waals surface area contributed by atoms with Gasteiger partial charge in [-0.1, -0.05) is 12.1 Å². The van der Waals surface area contributed by atoms with Crippen LogP contribution < -0.4 is 0 Å². The summed E-state index contributed by atoms with van der Waals surface area (Å²) in [6.07, 6.45) is 2.53. The molecule has 5 heteroatoms. The van der Waals surface area contributed by atoms with E-state index < -0.39 is 0 Å². The fourth-order valence-electron chi connectivity index (χ4n) is 1.67. The van der Waals surface area contributed by atoms with Gasteiger partial charge < -0.3 is 8.94 Å². The third kappa shape index (κ3) is 1.35. The maximum Gasteiger partial charge on any atom is 0.230 e. The van der Waals surface area contributed by atoms with Gasteiger partial charge in [0.25, 0.3) is 0 Å². The van der Waals surface area contributed by atoms with Crippen molar-refractivity contribution < 1.29 is 8.94 Å². The van der Waals surface area contributed by atoms with E-state index in [0.29, 0.717) is 29.1 Å². The quantitative estimate of drug-likeness (QED) is 0.751. The maximum absolute atomic E-state index is 5.20. The van der Waals surface area contributed by atoms with E-state index in [0.717, 1.165) is 12.3 Å². The molecule has 78 valence electrons. The van der Waals surface area contributed by atoms with Crippen LogP contribution in [0.1, 0.15) is 30.9 Å². The average molecular weight is 205 g/mol. The molecule has 2 atom stereocenters. The van der Waals surface area contributed by atoms with Crippen LogP contribution in [0.4, 0.5) is 0 Å². The highest BCUT2D eigenvalue weighted by molar-refractivity contribution is 5.50. The van der Waals surface area contributed by atoms with Crippen molar-refractivity contribution in [3.05, 3.63) is 18.0 Å². The van der Waals surface area contributed by atoms with Gasteiger partial charge in [0.2, 0.25) is 11.7 Å². The van der Waals surface area contributed by atoms with E-state index in [2.05, 4.69) is 22.0 Å². The van der Waals surface area contributed by atoms with Crippen LogP contribution in [0.3, 0.4) is 0 Å². The normalized spacial score (nSPS) is 24.4. The zero-order chi connectivity index (χ0) is 10.4. The van der Waals surface area contributed by atoms with Gasteiger partial charge in [-0.2, -0.15) is 4.98 Å². The van der Waals surface area contributed by atoms with Gasteiger partial charge in [0.15, 0.2) is 12.1 Å². The van der Waals surface area contributed by atoms with Crippen LogP contribution in [-0.2, 0) is 0 Å². The van der Waals surface area contributed by atoms with Gasteiger partial charge in [-0.15, -0.1) is 0 Å². The van der Waals surface area contributed by atoms with E-state index in [4.69, 9.17) is 8.94 Å². The minimum atomic E-state index is 0.443. The number of nitrogens with zero attached hydrogens (tertiary/aromatic N) is 3. The third-order valence-corrected chi connectivity index (χ3v) is 2.82. The van der Waals surface area contributed by atoms with Gasteiger partial charge in [0.1, 0.15) is 5.76 Å². The minimum Gasteiger partial charge on any atom is -0.448 e. The molecule has 5 nitrogen and oxygen atoms in total. The Labute approximate surface area is 86.5 Å². The highest BCUT2D eigenvalue weighted by atomic mass is 16.5. The first-order chi connectivity index (χ1) is 7.25. The summed E-state index contributed by atoms with van der Waals surface area (Å²) in [5, 5.41) is 3.91. The summed E-state index contributed by atoms with van der Waals surface area (Å²) in [7, 11) is 0. The van der Waals surface area contributed by atoms with Crippen molar-refractivity contribution in [3.63, 3.8) is 0 Å². The molecule has 0 unspecified atom stereocenters. The minimum absolute atomic E-state index is 0.443. The van der Waals surface area contributed by atoms with Crippen LogP contribution in [0.5, 0.6) is 0 Å². The molecule has 15 heavy (non-hydrogen) atoms. The summed E-state index contributed by atoms with van der Waals surface area (Å²) in [6.45, 7) is 4.01. The smallest absolute Gasteiger partial charge is 0.230 e. The molecule has 0 saturated heterocycles. The Bertz CT molecular complexity index is 488. The molecule has 2 heterocycles. The first kappa shape index (κ1) is 8.64. The Morgan fingerprint density at radius 2 is 2.27 bits per heavy atom. The van der Waals surface area contributed by atoms with Gasteiger partial charge in [0, 0.05) is 5.92 Å². The number of hydrogen-bond donors (Lipinski definition) is 0. The molecule has 1 fully saturated rings. The van der Waals surface area contributed by atoms with Crippen LogP contribution in [0.25, 0.3) is 11.5 Å². The number of hydrogen-bond acceptors (Lipinski definition) is 5. The molecule has 0 amide bonds. The van der Waals surface area contributed by atoms with E-state index in [-0.39, 0.29) is 0 Å². The lowest BCUT2D eigenvalue weighted by atomic mass is 10.3. The van der Waals surface area contributed by atoms with Crippen LogP contribution in [0.2, 0.25) is 0 Å². The van der Waals surface area contributed by atoms with E-state index >= 15 is 0 Å². The Kier molecular flexibility index (Phi) is 1.68. The van der Waals surface area contributed by atoms with Crippen molar-refractivity contribution in [2.45, 2.75) is 26.2 Å². The Morgan fingerprint density at radius 1 is 1.47 bits per heavy atom. The van der Waals surface area contributed by atoms with Crippen molar-refractivity contribution in [2.24, 2.45) is 5.92 Å². The molecule has 1 aliphatic carbocycles. The summed E-state index contributed by atoms with van der Waals surface area (Å²) < 4.78 is 10.3. The summed E-state index contributed by atoms with van der Waals surface area (Å²) >= 11 is 0. The van der Waals surface area contributed by atoms with Crippen LogP contribution in [0.15, 0.2) is 15.3 Å². The standard InChI is InChI=1S/C10H11N3O2/c1-5-3-7(5)10-12-9(13-15-10)8-6(2)14-4-11-8/h4-5,7H,3H2,1-2H3/t5-,7+/m0/s1. The van der Waals surface area contributed by atoms with Crippen molar-refractivity contribution in [3.8, 4) is 11.5 Å². The summed E-state index contributed by atoms with van der Waals surface area (Å²) in [5.41, 5.74) is 0.665. The van der Waals surface area contributed by atoms with Crippen molar-refractivity contribution in [1.29, 1.82) is 0 Å². The molecule has 2 aromatic rings. The van der Waals surface area contributed by atoms with E-state index in [1.165, 1.54) is 6.39 Å². The second-order valence-electron chi connectivity index (χ2n) is 4.03. The lowest BCUT2D eigenvalue weighted by Gasteiger charge is -1.86. The molecule has 0 N–H and O–H groups in total. The second kappa shape index (κ2) is 2.92. The number of rotatable bonds is 2. The Balaban J connectivity index is 1.94. The van der Waals surface area contributed by atoms with E-state index in [1.54, 1.807) is 0 Å². The number of aryl methyl sites for hydroxylation is 1. The largest absolute Gasteiger partial charge is 0.448 e. The topological polar surface area (TPSA) is 65.0 Å². The van der Waals surface area contributed by atoms with E-state index in [1.807, 2.05) is 6.92 Å². The fourth-order valence-corrected chi connectivity index (χ4v) is 1.67. The highest BCUT2D eigenvalue weighted by Crippen LogP contribution is 2.46. The first-order valence-electron chi connectivity index (χ1n) is 5.00. The van der Waals surface area contributed by atoms with Crippen LogP contribution >= 0.6 is 0 Å². The predicted molar refractivity (Wildman–Crippen MR) is 51.1 cm³/mol. The average Bonchev–Trinajstić information content (AvgIpc) is 2.69. The Hall–Kier alpha value is -1.65. The van der Waals surface area contributed by atoms with Crippen LogP contribution in [-0.4, -0.2) is 15.1 Å². The van der Waals surface area contributed by atoms with Crippen molar-refractivity contribution >= 4 is 0 Å². The predicted octanol–water partition coefficient (Wildman–Crippen LogP) is 2.16. The SMILES string of the molecule is Cc1ocnc1-c1noc([C@@H]2C[C@@H]2C)n1. The molecular weight excluding hydrogens is 194 g/mol. The molecule has 1 saturated carbocycles. The molecular formula is C10H11N3O2. The fraction of sp³-hybridized carbons (Fsp3) is 0.500. The molecule has 2 aromatic heterocycles. The molecule has 0 aliphatic heterocycles. The van der Waals surface area contributed by atoms with Gasteiger partial charge in [-0.3, -0.25) is 0 Å². The lowest BCUT2D eigenvalue weighted by molar-refractivity contribution is 0.376. The van der Waals surface area contributed by atoms with Crippen LogP contribution in [0, 0.1) is 12.8 Å². The molecule has 3 rings (SSSR count). The molecule has 0 spiro atoms. The zero-order valence-electron chi connectivity index (χ0n) is 8.60. The van der Waals surface area contributed by atoms with E-state index in [9.17, 15) is 0 Å². The van der Waals surface area contributed by atoms with Gasteiger partial charge in [-0.25, -0.2) is 4.98 Å². The third-order valence-electron chi connectivity index (χ3n) is 2.82. The second-order valence-corrected chi connectivity index (χ2v) is 4.03. The molecule has 1 aliphatic rings.